The van der Waals surface area contributed by atoms with Crippen LogP contribution in [0.15, 0.2) is 52.9 Å². The van der Waals surface area contributed by atoms with Crippen LogP contribution in [0.4, 0.5) is 0 Å². The molecule has 0 radical (unpaired) electrons. The number of allylic oxidation sites excluding steroid dienone is 1. The van der Waals surface area contributed by atoms with Crippen LogP contribution in [0, 0.1) is 0 Å². The predicted octanol–water partition coefficient (Wildman–Crippen LogP) is 2.30. The Morgan fingerprint density at radius 2 is 1.81 bits per heavy atom. The van der Waals surface area contributed by atoms with Crippen molar-refractivity contribution in [3.8, 4) is 17.2 Å². The minimum Gasteiger partial charge on any atom is -0.493 e. The van der Waals surface area contributed by atoms with E-state index < -0.39 is 15.9 Å². The number of fused-ring (bicyclic) bond motifs is 1. The van der Waals surface area contributed by atoms with E-state index in [9.17, 15) is 13.2 Å². The fourth-order valence-electron chi connectivity index (χ4n) is 2.98. The monoisotopic (exact) mass is 463 g/mol. The van der Waals surface area contributed by atoms with E-state index in [0.717, 1.165) is 0 Å². The maximum atomic E-state index is 12.9. The van der Waals surface area contributed by atoms with Crippen LogP contribution in [0.5, 0.6) is 17.2 Å². The summed E-state index contributed by atoms with van der Waals surface area (Å²) in [6.07, 6.45) is 1.66. The van der Waals surface area contributed by atoms with Crippen molar-refractivity contribution in [2.45, 2.75) is 11.4 Å². The van der Waals surface area contributed by atoms with E-state index in [1.54, 1.807) is 16.7 Å². The molecule has 3 aromatic rings. The van der Waals surface area contributed by atoms with Crippen molar-refractivity contribution < 1.29 is 27.4 Å². The van der Waals surface area contributed by atoms with Gasteiger partial charge < -0.3 is 18.8 Å². The zero-order chi connectivity index (χ0) is 22.8. The summed E-state index contributed by atoms with van der Waals surface area (Å²) < 4.78 is 41.6. The first-order chi connectivity index (χ1) is 14.7. The van der Waals surface area contributed by atoms with Gasteiger partial charge in [-0.3, -0.25) is 4.79 Å². The molecule has 11 heteroatoms. The average Bonchev–Trinajstić information content (AvgIpc) is 3.08. The molecule has 0 saturated carbocycles. The Balaban J connectivity index is 2.18. The molecule has 1 amide bonds. The quantitative estimate of drug-likeness (QED) is 0.537. The van der Waals surface area contributed by atoms with Gasteiger partial charge in [-0.1, -0.05) is 17.4 Å². The smallest absolute Gasteiger partial charge is 0.279 e. The minimum atomic E-state index is -3.86. The SMILES string of the molecule is C=CCn1c(=NC(=O)c2cc(OC)c(OC)c(OC)c2)sc2cc(S(N)(=O)=O)ccc21. The Labute approximate surface area is 183 Å². The molecule has 9 nitrogen and oxygen atoms in total. The van der Waals surface area contributed by atoms with E-state index in [-0.39, 0.29) is 10.5 Å². The number of aromatic nitrogens is 1. The zero-order valence-electron chi connectivity index (χ0n) is 17.1. The lowest BCUT2D eigenvalue weighted by Crippen LogP contribution is -2.16. The summed E-state index contributed by atoms with van der Waals surface area (Å²) in [5.74, 6) is 0.484. The largest absolute Gasteiger partial charge is 0.493 e. The number of amides is 1. The van der Waals surface area contributed by atoms with E-state index in [2.05, 4.69) is 11.6 Å². The fraction of sp³-hybridized carbons (Fsp3) is 0.200. The maximum Gasteiger partial charge on any atom is 0.279 e. The summed E-state index contributed by atoms with van der Waals surface area (Å²) in [4.78, 5) is 17.5. The van der Waals surface area contributed by atoms with Crippen molar-refractivity contribution in [1.82, 2.24) is 4.57 Å². The minimum absolute atomic E-state index is 0.0190. The molecular weight excluding hydrogens is 442 g/mol. The average molecular weight is 464 g/mol. The molecular formula is C20H21N3O6S2. The van der Waals surface area contributed by atoms with Crippen molar-refractivity contribution in [2.75, 3.05) is 21.3 Å². The van der Waals surface area contributed by atoms with E-state index >= 15 is 0 Å². The fourth-order valence-corrected chi connectivity index (χ4v) is 4.67. The number of primary sulfonamides is 1. The molecule has 2 N–H and O–H groups in total. The van der Waals surface area contributed by atoms with Crippen LogP contribution in [-0.4, -0.2) is 40.2 Å². The number of nitrogens with zero attached hydrogens (tertiary/aromatic N) is 2. The van der Waals surface area contributed by atoms with Gasteiger partial charge in [0.25, 0.3) is 5.91 Å². The van der Waals surface area contributed by atoms with Gasteiger partial charge >= 0.3 is 0 Å². The highest BCUT2D eigenvalue weighted by Crippen LogP contribution is 2.38. The van der Waals surface area contributed by atoms with Crippen molar-refractivity contribution in [2.24, 2.45) is 10.1 Å². The number of sulfonamides is 1. The molecule has 3 rings (SSSR count). The van der Waals surface area contributed by atoms with Crippen molar-refractivity contribution >= 4 is 37.5 Å². The van der Waals surface area contributed by atoms with Crippen LogP contribution in [0.25, 0.3) is 10.2 Å². The molecule has 0 unspecified atom stereocenters. The van der Waals surface area contributed by atoms with Gasteiger partial charge in [-0.15, -0.1) is 6.58 Å². The van der Waals surface area contributed by atoms with E-state index in [0.29, 0.717) is 38.8 Å². The molecule has 2 aromatic carbocycles. The molecule has 0 aliphatic heterocycles. The standard InChI is InChI=1S/C20H21N3O6S2/c1-5-8-23-14-7-6-13(31(21,25)26)11-17(14)30-20(23)22-19(24)12-9-15(27-2)18(29-4)16(10-12)28-3/h5-7,9-11H,1,8H2,2-4H3,(H2,21,25,26). The number of ether oxygens (including phenoxy) is 3. The number of thiazole rings is 1. The molecule has 0 atom stereocenters. The van der Waals surface area contributed by atoms with E-state index in [4.69, 9.17) is 19.3 Å². The van der Waals surface area contributed by atoms with Crippen LogP contribution in [0.3, 0.4) is 0 Å². The second-order valence-electron chi connectivity index (χ2n) is 6.29. The van der Waals surface area contributed by atoms with Gasteiger partial charge in [0.1, 0.15) is 0 Å². The van der Waals surface area contributed by atoms with Crippen LogP contribution in [-0.2, 0) is 16.6 Å². The molecule has 164 valence electrons. The Morgan fingerprint density at radius 3 is 2.32 bits per heavy atom. The van der Waals surface area contributed by atoms with Crippen LogP contribution in [0.2, 0.25) is 0 Å². The Hall–Kier alpha value is -3.15. The van der Waals surface area contributed by atoms with Gasteiger partial charge in [0.05, 0.1) is 36.4 Å². The van der Waals surface area contributed by atoms with Gasteiger partial charge in [-0.25, -0.2) is 13.6 Å². The first kappa shape index (κ1) is 22.5. The topological polar surface area (TPSA) is 122 Å². The third-order valence-electron chi connectivity index (χ3n) is 4.40. The lowest BCUT2D eigenvalue weighted by molar-refractivity contribution is 0.0997. The normalized spacial score (nSPS) is 12.1. The lowest BCUT2D eigenvalue weighted by atomic mass is 10.1. The summed E-state index contributed by atoms with van der Waals surface area (Å²) in [5.41, 5.74) is 0.941. The van der Waals surface area contributed by atoms with Crippen LogP contribution in [0.1, 0.15) is 10.4 Å². The van der Waals surface area contributed by atoms with Crippen LogP contribution >= 0.6 is 11.3 Å². The van der Waals surface area contributed by atoms with Gasteiger partial charge in [-0.2, -0.15) is 4.99 Å². The number of benzene rings is 2. The van der Waals surface area contributed by atoms with Gasteiger partial charge in [0.15, 0.2) is 16.3 Å². The number of hydrogen-bond donors (Lipinski definition) is 1. The zero-order valence-corrected chi connectivity index (χ0v) is 18.7. The molecule has 0 fully saturated rings. The highest BCUT2D eigenvalue weighted by atomic mass is 32.2. The number of carbonyl (C=O) groups is 1. The first-order valence-electron chi connectivity index (χ1n) is 8.89. The van der Waals surface area contributed by atoms with Gasteiger partial charge in [0.2, 0.25) is 15.8 Å². The van der Waals surface area contributed by atoms with Crippen molar-refractivity contribution in [3.63, 3.8) is 0 Å². The third-order valence-corrected chi connectivity index (χ3v) is 6.36. The molecule has 1 heterocycles. The third kappa shape index (κ3) is 4.48. The predicted molar refractivity (Wildman–Crippen MR) is 117 cm³/mol. The maximum absolute atomic E-state index is 12.9. The molecule has 0 aliphatic carbocycles. The Morgan fingerprint density at radius 1 is 1.16 bits per heavy atom. The summed E-state index contributed by atoms with van der Waals surface area (Å²) in [6, 6.07) is 7.51. The molecule has 31 heavy (non-hydrogen) atoms. The van der Waals surface area contributed by atoms with Gasteiger partial charge in [0, 0.05) is 12.1 Å². The Kier molecular flexibility index (Phi) is 6.48. The highest BCUT2D eigenvalue weighted by molar-refractivity contribution is 7.89. The van der Waals surface area contributed by atoms with Crippen molar-refractivity contribution in [1.29, 1.82) is 0 Å². The Bertz CT molecular complexity index is 1310. The number of hydrogen-bond acceptors (Lipinski definition) is 7. The summed E-state index contributed by atoms with van der Waals surface area (Å²) in [7, 11) is 0.520. The van der Waals surface area contributed by atoms with Crippen LogP contribution < -0.4 is 24.2 Å². The second kappa shape index (κ2) is 8.92. The van der Waals surface area contributed by atoms with Crippen molar-refractivity contribution in [3.05, 3.63) is 53.4 Å². The number of methoxy groups -OCH3 is 3. The molecule has 1 aromatic heterocycles. The number of rotatable bonds is 7. The molecule has 0 saturated heterocycles. The first-order valence-corrected chi connectivity index (χ1v) is 11.3. The number of nitrogens with two attached hydrogens (primary N) is 1. The summed E-state index contributed by atoms with van der Waals surface area (Å²) in [6.45, 7) is 4.11. The van der Waals surface area contributed by atoms with E-state index in [1.807, 2.05) is 0 Å². The molecule has 0 spiro atoms. The highest BCUT2D eigenvalue weighted by Gasteiger charge is 2.18. The molecule has 0 bridgehead atoms. The van der Waals surface area contributed by atoms with Gasteiger partial charge in [-0.05, 0) is 30.3 Å². The van der Waals surface area contributed by atoms with E-state index in [1.165, 1.54) is 56.9 Å². The lowest BCUT2D eigenvalue weighted by Gasteiger charge is -2.12. The number of carbonyl (C=O) groups excluding carboxylic acids is 1. The summed E-state index contributed by atoms with van der Waals surface area (Å²) >= 11 is 1.17. The summed E-state index contributed by atoms with van der Waals surface area (Å²) in [5, 5.41) is 5.23. The second-order valence-corrected chi connectivity index (χ2v) is 8.86. The molecule has 0 aliphatic rings.